The first-order chi connectivity index (χ1) is 15.0. The molecule has 156 valence electrons. The Morgan fingerprint density at radius 1 is 1.10 bits per heavy atom. The zero-order valence-corrected chi connectivity index (χ0v) is 18.8. The minimum atomic E-state index is -0.588. The molecule has 0 fully saturated rings. The van der Waals surface area contributed by atoms with E-state index in [9.17, 15) is 9.59 Å². The molecule has 31 heavy (non-hydrogen) atoms. The van der Waals surface area contributed by atoms with Crippen LogP contribution in [0.15, 0.2) is 68.9 Å². The Hall–Kier alpha value is -3.24. The summed E-state index contributed by atoms with van der Waals surface area (Å²) in [7, 11) is 0. The number of halogens is 2. The summed E-state index contributed by atoms with van der Waals surface area (Å²) in [6.07, 6.45) is 4.38. The second-order valence-electron chi connectivity index (χ2n) is 6.20. The fourth-order valence-electron chi connectivity index (χ4n) is 2.68. The van der Waals surface area contributed by atoms with E-state index in [0.29, 0.717) is 32.7 Å². The Labute approximate surface area is 193 Å². The summed E-state index contributed by atoms with van der Waals surface area (Å²) >= 11 is 6.79. The zero-order chi connectivity index (χ0) is 21.8. The van der Waals surface area contributed by atoms with Crippen molar-refractivity contribution >= 4 is 50.0 Å². The largest absolute Gasteiger partial charge is 0.454 e. The zero-order valence-electron chi connectivity index (χ0n) is 15.7. The molecule has 1 N–H and O–H groups in total. The Morgan fingerprint density at radius 2 is 1.94 bits per heavy atom. The highest BCUT2D eigenvalue weighted by Crippen LogP contribution is 2.35. The summed E-state index contributed by atoms with van der Waals surface area (Å²) in [5, 5.41) is 3.97. The Morgan fingerprint density at radius 3 is 2.74 bits per heavy atom. The number of hydrazone groups is 1. The van der Waals surface area contributed by atoms with Gasteiger partial charge < -0.3 is 14.2 Å². The minimum Gasteiger partial charge on any atom is -0.454 e. The average Bonchev–Trinajstić information content (AvgIpc) is 3.24. The lowest BCUT2D eigenvalue weighted by atomic mass is 10.2. The lowest BCUT2D eigenvalue weighted by molar-refractivity contribution is 0.0732. The van der Waals surface area contributed by atoms with Crippen LogP contribution in [0.3, 0.4) is 0 Å². The van der Waals surface area contributed by atoms with Gasteiger partial charge in [-0.05, 0) is 58.4 Å². The number of amides is 1. The van der Waals surface area contributed by atoms with Gasteiger partial charge in [0, 0.05) is 22.4 Å². The van der Waals surface area contributed by atoms with E-state index < -0.39 is 11.9 Å². The number of esters is 1. The molecule has 2 heterocycles. The van der Waals surface area contributed by atoms with Crippen molar-refractivity contribution < 1.29 is 23.8 Å². The second-order valence-corrected chi connectivity index (χ2v) is 7.97. The normalized spacial score (nSPS) is 12.1. The maximum atomic E-state index is 12.7. The van der Waals surface area contributed by atoms with Gasteiger partial charge in [0.25, 0.3) is 5.91 Å². The summed E-state index contributed by atoms with van der Waals surface area (Å²) < 4.78 is 17.4. The van der Waals surface area contributed by atoms with Gasteiger partial charge in [0.15, 0.2) is 17.2 Å². The third kappa shape index (κ3) is 4.92. The number of nitrogens with zero attached hydrogens (tertiary/aromatic N) is 2. The first-order valence-electron chi connectivity index (χ1n) is 8.85. The molecule has 1 aliphatic rings. The summed E-state index contributed by atoms with van der Waals surface area (Å²) in [6.45, 7) is 0.109. The molecule has 8 nitrogen and oxygen atoms in total. The molecule has 1 amide bonds. The smallest absolute Gasteiger partial charge is 0.343 e. The highest BCUT2D eigenvalue weighted by atomic mass is 79.9. The first-order valence-corrected chi connectivity index (χ1v) is 10.4. The van der Waals surface area contributed by atoms with E-state index in [1.54, 1.807) is 48.7 Å². The van der Waals surface area contributed by atoms with Crippen LogP contribution in [0.1, 0.15) is 26.3 Å². The van der Waals surface area contributed by atoms with Crippen LogP contribution in [0, 0.1) is 0 Å². The van der Waals surface area contributed by atoms with Crippen molar-refractivity contribution in [2.24, 2.45) is 5.10 Å². The molecule has 0 radical (unpaired) electrons. The fraction of sp³-hybridized carbons (Fsp3) is 0.0476. The van der Waals surface area contributed by atoms with Crippen LogP contribution in [0.5, 0.6) is 17.2 Å². The van der Waals surface area contributed by atoms with Crippen LogP contribution in [0.2, 0.25) is 0 Å². The van der Waals surface area contributed by atoms with Gasteiger partial charge in [0.2, 0.25) is 6.79 Å². The van der Waals surface area contributed by atoms with Crippen molar-refractivity contribution in [1.82, 2.24) is 10.4 Å². The van der Waals surface area contributed by atoms with Crippen molar-refractivity contribution in [3.63, 3.8) is 0 Å². The number of benzene rings is 2. The van der Waals surface area contributed by atoms with Crippen LogP contribution in [-0.2, 0) is 0 Å². The maximum absolute atomic E-state index is 12.7. The monoisotopic (exact) mass is 545 g/mol. The topological polar surface area (TPSA) is 99.1 Å². The number of fused-ring (bicyclic) bond motifs is 1. The van der Waals surface area contributed by atoms with Crippen molar-refractivity contribution in [3.8, 4) is 17.2 Å². The van der Waals surface area contributed by atoms with Gasteiger partial charge in [-0.2, -0.15) is 5.10 Å². The molecule has 0 spiro atoms. The Kier molecular flexibility index (Phi) is 6.28. The molecule has 0 saturated heterocycles. The van der Waals surface area contributed by atoms with Crippen molar-refractivity contribution in [1.29, 1.82) is 0 Å². The molecule has 3 aromatic rings. The van der Waals surface area contributed by atoms with E-state index in [-0.39, 0.29) is 12.5 Å². The number of hydrogen-bond donors (Lipinski definition) is 1. The Bertz CT molecular complexity index is 1190. The van der Waals surface area contributed by atoms with Crippen molar-refractivity contribution in [2.45, 2.75) is 0 Å². The van der Waals surface area contributed by atoms with Gasteiger partial charge in [0.05, 0.1) is 21.8 Å². The molecule has 1 aliphatic heterocycles. The van der Waals surface area contributed by atoms with E-state index in [1.807, 2.05) is 0 Å². The first kappa shape index (κ1) is 21.0. The number of carbonyl (C=O) groups excluding carboxylic acids is 2. The number of ether oxygens (including phenoxy) is 3. The van der Waals surface area contributed by atoms with Gasteiger partial charge in [-0.25, -0.2) is 10.2 Å². The standard InChI is InChI=1S/C21H13Br2N3O5/c22-15-6-14(10-25-26-20(27)13-2-1-5-24-9-13)19(16(23)8-15)31-21(28)12-3-4-17-18(7-12)30-11-29-17/h1-10H,11H2,(H,26,27)/b25-10-. The number of carbonyl (C=O) groups is 2. The van der Waals surface area contributed by atoms with Crippen LogP contribution in [0.25, 0.3) is 0 Å². The molecule has 0 saturated carbocycles. The predicted octanol–water partition coefficient (Wildman–Crippen LogP) is 4.32. The van der Waals surface area contributed by atoms with Gasteiger partial charge >= 0.3 is 5.97 Å². The van der Waals surface area contributed by atoms with E-state index in [1.165, 1.54) is 12.4 Å². The lowest BCUT2D eigenvalue weighted by Crippen LogP contribution is -2.18. The number of aromatic nitrogens is 1. The van der Waals surface area contributed by atoms with Crippen LogP contribution < -0.4 is 19.6 Å². The van der Waals surface area contributed by atoms with Crippen LogP contribution in [-0.4, -0.2) is 29.9 Å². The van der Waals surface area contributed by atoms with E-state index in [2.05, 4.69) is 47.4 Å². The van der Waals surface area contributed by atoms with E-state index in [0.717, 1.165) is 4.47 Å². The van der Waals surface area contributed by atoms with Crippen LogP contribution >= 0.6 is 31.9 Å². The molecule has 0 bridgehead atoms. The molecule has 4 rings (SSSR count). The van der Waals surface area contributed by atoms with Gasteiger partial charge in [-0.15, -0.1) is 0 Å². The van der Waals surface area contributed by atoms with Gasteiger partial charge in [0.1, 0.15) is 0 Å². The number of pyridine rings is 1. The van der Waals surface area contributed by atoms with Crippen molar-refractivity contribution in [3.05, 3.63) is 80.5 Å². The second kappa shape index (κ2) is 9.27. The number of hydrogen-bond acceptors (Lipinski definition) is 7. The van der Waals surface area contributed by atoms with Gasteiger partial charge in [-0.3, -0.25) is 9.78 Å². The molecular weight excluding hydrogens is 534 g/mol. The minimum absolute atomic E-state index is 0.109. The number of nitrogens with one attached hydrogen (secondary N) is 1. The van der Waals surface area contributed by atoms with Gasteiger partial charge in [-0.1, -0.05) is 15.9 Å². The van der Waals surface area contributed by atoms with Crippen molar-refractivity contribution in [2.75, 3.05) is 6.79 Å². The van der Waals surface area contributed by atoms with E-state index in [4.69, 9.17) is 14.2 Å². The fourth-order valence-corrected chi connectivity index (χ4v) is 4.02. The number of rotatable bonds is 5. The third-order valence-corrected chi connectivity index (χ3v) is 5.18. The third-order valence-electron chi connectivity index (χ3n) is 4.13. The molecule has 0 unspecified atom stereocenters. The summed E-state index contributed by atoms with van der Waals surface area (Å²) in [5.74, 6) is 0.278. The molecule has 0 atom stereocenters. The maximum Gasteiger partial charge on any atom is 0.343 e. The SMILES string of the molecule is O=C(N/N=C\c1cc(Br)cc(Br)c1OC(=O)c1ccc2c(c1)OCO2)c1cccnc1. The average molecular weight is 547 g/mol. The predicted molar refractivity (Wildman–Crippen MR) is 119 cm³/mol. The van der Waals surface area contributed by atoms with E-state index >= 15 is 0 Å². The summed E-state index contributed by atoms with van der Waals surface area (Å²) in [5.41, 5.74) is 3.54. The highest BCUT2D eigenvalue weighted by molar-refractivity contribution is 9.11. The molecule has 10 heteroatoms. The quantitative estimate of drug-likeness (QED) is 0.221. The molecular formula is C21H13Br2N3O5. The molecule has 2 aromatic carbocycles. The Balaban J connectivity index is 1.54. The lowest BCUT2D eigenvalue weighted by Gasteiger charge is -2.11. The van der Waals surface area contributed by atoms with Crippen LogP contribution in [0.4, 0.5) is 0 Å². The summed E-state index contributed by atoms with van der Waals surface area (Å²) in [4.78, 5) is 28.7. The molecule has 1 aromatic heterocycles. The molecule has 0 aliphatic carbocycles. The highest BCUT2D eigenvalue weighted by Gasteiger charge is 2.19. The summed E-state index contributed by atoms with van der Waals surface area (Å²) in [6, 6.07) is 11.5.